The average molecular weight is 615 g/mol. The van der Waals surface area contributed by atoms with Crippen LogP contribution in [-0.2, 0) is 16.1 Å². The monoisotopic (exact) mass is 613 g/mol. The summed E-state index contributed by atoms with van der Waals surface area (Å²) in [5, 5.41) is 9.72. The normalized spacial score (nSPS) is 21.0. The summed E-state index contributed by atoms with van der Waals surface area (Å²) in [5.41, 5.74) is 2.70. The van der Waals surface area contributed by atoms with Gasteiger partial charge in [-0.25, -0.2) is 0 Å². The third kappa shape index (κ3) is 10.6. The molecule has 0 spiro atoms. The van der Waals surface area contributed by atoms with Gasteiger partial charge in [-0.15, -0.1) is 12.8 Å². The molecule has 1 aromatic carbocycles. The van der Waals surface area contributed by atoms with Crippen LogP contribution < -0.4 is 5.14 Å². The molecule has 5 rings (SSSR count). The summed E-state index contributed by atoms with van der Waals surface area (Å²) >= 11 is 15.9. The van der Waals surface area contributed by atoms with Gasteiger partial charge in [0.2, 0.25) is 0 Å². The number of thiol groups is 1. The maximum Gasteiger partial charge on any atom is 0.145 e. The van der Waals surface area contributed by atoms with Crippen LogP contribution in [0.4, 0.5) is 0 Å². The first-order chi connectivity index (χ1) is 19.3. The summed E-state index contributed by atoms with van der Waals surface area (Å²) in [4.78, 5) is 12.6. The molecule has 226 valence electrons. The summed E-state index contributed by atoms with van der Waals surface area (Å²) in [7, 11) is 2.19. The number of nitrogens with two attached hydrogens (primary N) is 1. The third-order valence-electron chi connectivity index (χ3n) is 7.58. The molecule has 1 unspecified atom stereocenters. The molecule has 2 aromatic rings. The molecule has 0 bridgehead atoms. The zero-order valence-corrected chi connectivity index (χ0v) is 27.3. The van der Waals surface area contributed by atoms with E-state index in [0.29, 0.717) is 28.5 Å². The zero-order chi connectivity index (χ0) is 29.7. The first-order valence-electron chi connectivity index (χ1n) is 14.7. The van der Waals surface area contributed by atoms with Crippen molar-refractivity contribution >= 4 is 42.3 Å². The van der Waals surface area contributed by atoms with Crippen LogP contribution in [0.25, 0.3) is 11.3 Å². The minimum absolute atomic E-state index is 0.219. The first-order valence-corrected chi connectivity index (χ1v) is 16.0. The first kappa shape index (κ1) is 35.1. The van der Waals surface area contributed by atoms with Gasteiger partial charge in [-0.3, -0.25) is 5.14 Å². The van der Waals surface area contributed by atoms with Gasteiger partial charge in [-0.1, -0.05) is 81.4 Å². The van der Waals surface area contributed by atoms with Crippen LogP contribution in [0.2, 0.25) is 10.0 Å². The third-order valence-corrected chi connectivity index (χ3v) is 8.21. The van der Waals surface area contributed by atoms with E-state index in [1.807, 2.05) is 32.0 Å². The Hall–Kier alpha value is -1.09. The van der Waals surface area contributed by atoms with E-state index in [1.165, 1.54) is 19.3 Å². The van der Waals surface area contributed by atoms with E-state index in [0.717, 1.165) is 80.5 Å². The van der Waals surface area contributed by atoms with E-state index < -0.39 is 0 Å². The molecule has 1 aromatic heterocycles. The molecule has 2 saturated carbocycles. The molecule has 2 heterocycles. The minimum atomic E-state index is 0.219. The van der Waals surface area contributed by atoms with Gasteiger partial charge in [-0.05, 0) is 63.1 Å². The Morgan fingerprint density at radius 1 is 1.10 bits per heavy atom. The van der Waals surface area contributed by atoms with Crippen molar-refractivity contribution in [1.82, 2.24) is 10.1 Å². The predicted octanol–water partition coefficient (Wildman–Crippen LogP) is 8.74. The van der Waals surface area contributed by atoms with Crippen LogP contribution in [0.5, 0.6) is 0 Å². The Morgan fingerprint density at radius 2 is 1.73 bits per heavy atom. The van der Waals surface area contributed by atoms with Crippen LogP contribution >= 0.6 is 36.0 Å². The Balaban J connectivity index is 0.000000394. The Kier molecular flexibility index (Phi) is 15.6. The maximum atomic E-state index is 10.2. The Morgan fingerprint density at radius 3 is 2.27 bits per heavy atom. The number of ether oxygens (including phenoxy) is 1. The largest absolute Gasteiger partial charge is 0.373 e. The van der Waals surface area contributed by atoms with Crippen molar-refractivity contribution in [2.24, 2.45) is 16.5 Å². The number of benzene rings is 1. The molecule has 0 amide bonds. The second-order valence-electron chi connectivity index (χ2n) is 11.6. The van der Waals surface area contributed by atoms with Crippen molar-refractivity contribution in [3.8, 4) is 11.3 Å². The molecule has 3 fully saturated rings. The lowest BCUT2D eigenvalue weighted by Gasteiger charge is -2.28. The smallest absolute Gasteiger partial charge is 0.145 e. The second kappa shape index (κ2) is 17.8. The van der Waals surface area contributed by atoms with Crippen LogP contribution in [0.1, 0.15) is 103 Å². The SMILES string of the molecule is CC.CN1CCC(OCc2c(-c3c(Cl)cccc3Cl)noc2C2CC2)CC(C)(C)C1.NS.O=CC1CCCCC1. The molecule has 2 N–H and O–H groups in total. The highest BCUT2D eigenvalue weighted by Crippen LogP contribution is 2.46. The molecular formula is C31H49Cl2N3O3S. The number of nitrogens with zero attached hydrogens (tertiary/aromatic N) is 2. The van der Waals surface area contributed by atoms with Crippen molar-refractivity contribution in [3.05, 3.63) is 39.6 Å². The molecule has 2 aliphatic carbocycles. The van der Waals surface area contributed by atoms with E-state index in [4.69, 9.17) is 32.5 Å². The molecule has 0 radical (unpaired) electrons. The van der Waals surface area contributed by atoms with Crippen molar-refractivity contribution in [1.29, 1.82) is 0 Å². The molecule has 1 saturated heterocycles. The van der Waals surface area contributed by atoms with Gasteiger partial charge in [0, 0.05) is 36.1 Å². The lowest BCUT2D eigenvalue weighted by atomic mass is 9.87. The molecule has 9 heteroatoms. The van der Waals surface area contributed by atoms with Crippen molar-refractivity contribution in [2.45, 2.75) is 104 Å². The molecule has 6 nitrogen and oxygen atoms in total. The number of halogens is 2. The summed E-state index contributed by atoms with van der Waals surface area (Å²) in [5.74, 6) is 1.79. The fourth-order valence-electron chi connectivity index (χ4n) is 5.62. The van der Waals surface area contributed by atoms with E-state index in [1.54, 1.807) is 0 Å². The van der Waals surface area contributed by atoms with Gasteiger partial charge in [0.25, 0.3) is 0 Å². The van der Waals surface area contributed by atoms with Gasteiger partial charge in [0.15, 0.2) is 0 Å². The average Bonchev–Trinajstić information content (AvgIpc) is 3.74. The Bertz CT molecular complexity index is 1000. The lowest BCUT2D eigenvalue weighted by molar-refractivity contribution is -0.111. The number of aromatic nitrogens is 1. The summed E-state index contributed by atoms with van der Waals surface area (Å²) in [6.07, 6.45) is 11.8. The number of likely N-dealkylation sites (tertiary alicyclic amines) is 1. The fourth-order valence-corrected chi connectivity index (χ4v) is 6.20. The zero-order valence-electron chi connectivity index (χ0n) is 24.9. The summed E-state index contributed by atoms with van der Waals surface area (Å²) < 4.78 is 12.2. The highest BCUT2D eigenvalue weighted by Gasteiger charge is 2.35. The predicted molar refractivity (Wildman–Crippen MR) is 170 cm³/mol. The minimum Gasteiger partial charge on any atom is -0.373 e. The van der Waals surface area contributed by atoms with E-state index >= 15 is 0 Å². The highest BCUT2D eigenvalue weighted by atomic mass is 35.5. The summed E-state index contributed by atoms with van der Waals surface area (Å²) in [6.45, 7) is 11.3. The molecule has 3 aliphatic rings. The quantitative estimate of drug-likeness (QED) is 0.250. The number of rotatable bonds is 6. The van der Waals surface area contributed by atoms with Gasteiger partial charge in [-0.2, -0.15) is 0 Å². The van der Waals surface area contributed by atoms with Gasteiger partial charge < -0.3 is 19.0 Å². The van der Waals surface area contributed by atoms with Gasteiger partial charge >= 0.3 is 0 Å². The molecule has 40 heavy (non-hydrogen) atoms. The second-order valence-corrected chi connectivity index (χ2v) is 12.4. The lowest BCUT2D eigenvalue weighted by Crippen LogP contribution is -2.29. The molecular weight excluding hydrogens is 565 g/mol. The number of aldehydes is 1. The Labute approximate surface area is 257 Å². The number of carbonyl (C=O) groups is 1. The van der Waals surface area contributed by atoms with Crippen molar-refractivity contribution < 1.29 is 14.1 Å². The number of hydrogen-bond acceptors (Lipinski definition) is 7. The van der Waals surface area contributed by atoms with Crippen LogP contribution in [-0.4, -0.2) is 42.6 Å². The highest BCUT2D eigenvalue weighted by molar-refractivity contribution is 7.77. The topological polar surface area (TPSA) is 81.6 Å². The maximum absolute atomic E-state index is 10.2. The van der Waals surface area contributed by atoms with Crippen LogP contribution in [0, 0.1) is 11.3 Å². The van der Waals surface area contributed by atoms with Crippen molar-refractivity contribution in [2.75, 3.05) is 20.1 Å². The number of carbonyl (C=O) groups excluding carboxylic acids is 1. The van der Waals surface area contributed by atoms with E-state index in [-0.39, 0.29) is 11.5 Å². The van der Waals surface area contributed by atoms with Gasteiger partial charge in [0.1, 0.15) is 17.7 Å². The van der Waals surface area contributed by atoms with Gasteiger partial charge in [0.05, 0.1) is 22.8 Å². The molecule has 1 aliphatic heterocycles. The standard InChI is InChI=1S/C22H28Cl2N2O2.C7H12O.C2H6.H3NS/c1-22(2)11-15(9-10-26(3)13-22)27-12-16-20(25-28-21(16)14-7-8-14)19-17(23)5-4-6-18(19)24;8-6-7-4-2-1-3-5-7;2*1-2/h4-6,14-15H,7-13H2,1-3H3;6-7H,1-5H2;1-2H3;2H,1H2. The number of hydrogen-bond donors (Lipinski definition) is 2. The molecule has 1 atom stereocenters. The fraction of sp³-hybridized carbons (Fsp3) is 0.677. The van der Waals surface area contributed by atoms with Crippen LogP contribution in [0.15, 0.2) is 22.7 Å². The van der Waals surface area contributed by atoms with Crippen LogP contribution in [0.3, 0.4) is 0 Å². The van der Waals surface area contributed by atoms with E-state index in [9.17, 15) is 4.79 Å². The van der Waals surface area contributed by atoms with Crippen molar-refractivity contribution in [3.63, 3.8) is 0 Å². The van der Waals surface area contributed by atoms with E-state index in [2.05, 4.69) is 48.9 Å². The summed E-state index contributed by atoms with van der Waals surface area (Å²) in [6, 6.07) is 5.52.